The van der Waals surface area contributed by atoms with Gasteiger partial charge in [-0.05, 0) is 64.1 Å². The van der Waals surface area contributed by atoms with Crippen LogP contribution in [0.15, 0.2) is 29.2 Å². The lowest BCUT2D eigenvalue weighted by molar-refractivity contribution is 0.0475. The van der Waals surface area contributed by atoms with Crippen LogP contribution >= 0.6 is 11.8 Å². The molecule has 1 aromatic carbocycles. The Hall–Kier alpha value is -1.36. The van der Waals surface area contributed by atoms with Gasteiger partial charge in [0.2, 0.25) is 0 Å². The van der Waals surface area contributed by atoms with Crippen molar-refractivity contribution >= 4 is 23.5 Å². The first-order valence-corrected chi connectivity index (χ1v) is 8.48. The minimum atomic E-state index is -0.440. The number of carbonyl (C=O) groups is 1. The summed E-state index contributed by atoms with van der Waals surface area (Å²) in [6, 6.07) is 9.05. The molecular formula is C16H24N2O2S. The van der Waals surface area contributed by atoms with E-state index in [9.17, 15) is 4.79 Å². The molecule has 1 aliphatic carbocycles. The lowest BCUT2D eigenvalue weighted by Gasteiger charge is -2.37. The standard InChI is InChI=1S/C16H24N2O2S/c1-16(2,3)20-15(19)18-13-9-12(10-13)17-11-5-7-14(21-4)8-6-11/h5-8,12-13,17H,9-10H2,1-4H3,(H,18,19). The number of rotatable bonds is 4. The van der Waals surface area contributed by atoms with Crippen LogP contribution in [0.2, 0.25) is 0 Å². The Morgan fingerprint density at radius 1 is 1.19 bits per heavy atom. The number of amides is 1. The molecule has 2 N–H and O–H groups in total. The van der Waals surface area contributed by atoms with Crippen molar-refractivity contribution in [2.45, 2.75) is 56.2 Å². The van der Waals surface area contributed by atoms with Crippen LogP contribution in [0.5, 0.6) is 0 Å². The molecule has 0 saturated heterocycles. The Labute approximate surface area is 131 Å². The first-order valence-electron chi connectivity index (χ1n) is 7.26. The number of carbonyl (C=O) groups excluding carboxylic acids is 1. The fourth-order valence-electron chi connectivity index (χ4n) is 2.25. The SMILES string of the molecule is CSc1ccc(NC2CC(NC(=O)OC(C)(C)C)C2)cc1. The number of benzene rings is 1. The molecule has 116 valence electrons. The minimum absolute atomic E-state index is 0.211. The van der Waals surface area contributed by atoms with E-state index in [-0.39, 0.29) is 12.1 Å². The summed E-state index contributed by atoms with van der Waals surface area (Å²) in [6.45, 7) is 5.61. The number of ether oxygens (including phenoxy) is 1. The van der Waals surface area contributed by atoms with Gasteiger partial charge in [0, 0.05) is 22.7 Å². The monoisotopic (exact) mass is 308 g/mol. The number of hydrogen-bond acceptors (Lipinski definition) is 4. The molecule has 0 heterocycles. The number of thioether (sulfide) groups is 1. The van der Waals surface area contributed by atoms with Crippen LogP contribution in [0, 0.1) is 0 Å². The van der Waals surface area contributed by atoms with Gasteiger partial charge in [-0.2, -0.15) is 0 Å². The predicted molar refractivity (Wildman–Crippen MR) is 88.0 cm³/mol. The summed E-state index contributed by atoms with van der Waals surface area (Å²) in [4.78, 5) is 12.9. The first-order chi connectivity index (χ1) is 9.85. The summed E-state index contributed by atoms with van der Waals surface area (Å²) in [7, 11) is 0. The van der Waals surface area contributed by atoms with Crippen LogP contribution in [0.1, 0.15) is 33.6 Å². The molecule has 1 saturated carbocycles. The second-order valence-corrected chi connectivity index (χ2v) is 7.26. The highest BCUT2D eigenvalue weighted by atomic mass is 32.2. The van der Waals surface area contributed by atoms with E-state index >= 15 is 0 Å². The van der Waals surface area contributed by atoms with Crippen molar-refractivity contribution in [3.8, 4) is 0 Å². The van der Waals surface area contributed by atoms with Crippen molar-refractivity contribution in [2.24, 2.45) is 0 Å². The highest BCUT2D eigenvalue weighted by molar-refractivity contribution is 7.98. The van der Waals surface area contributed by atoms with E-state index in [2.05, 4.69) is 41.2 Å². The Kier molecular flexibility index (Phi) is 5.04. The van der Waals surface area contributed by atoms with Gasteiger partial charge in [0.1, 0.15) is 5.60 Å². The Bertz CT molecular complexity index is 476. The molecule has 5 heteroatoms. The van der Waals surface area contributed by atoms with Gasteiger partial charge in [0.15, 0.2) is 0 Å². The zero-order chi connectivity index (χ0) is 15.5. The second-order valence-electron chi connectivity index (χ2n) is 6.38. The molecule has 1 fully saturated rings. The molecule has 0 aliphatic heterocycles. The van der Waals surface area contributed by atoms with Crippen LogP contribution in [0.25, 0.3) is 0 Å². The minimum Gasteiger partial charge on any atom is -0.444 e. The molecule has 0 aromatic heterocycles. The molecule has 0 spiro atoms. The van der Waals surface area contributed by atoms with Crippen molar-refractivity contribution in [1.82, 2.24) is 5.32 Å². The summed E-state index contributed by atoms with van der Waals surface area (Å²) >= 11 is 1.74. The number of hydrogen-bond donors (Lipinski definition) is 2. The van der Waals surface area contributed by atoms with E-state index in [1.807, 2.05) is 20.8 Å². The van der Waals surface area contributed by atoms with E-state index < -0.39 is 5.60 Å². The lowest BCUT2D eigenvalue weighted by Crippen LogP contribution is -2.50. The van der Waals surface area contributed by atoms with Gasteiger partial charge < -0.3 is 15.4 Å². The molecule has 0 bridgehead atoms. The maximum absolute atomic E-state index is 11.6. The van der Waals surface area contributed by atoms with Crippen molar-refractivity contribution in [3.05, 3.63) is 24.3 Å². The third kappa shape index (κ3) is 5.16. The van der Waals surface area contributed by atoms with E-state index in [4.69, 9.17) is 4.74 Å². The number of nitrogens with one attached hydrogen (secondary N) is 2. The smallest absolute Gasteiger partial charge is 0.407 e. The maximum atomic E-state index is 11.6. The summed E-state index contributed by atoms with van der Waals surface area (Å²) < 4.78 is 5.25. The Morgan fingerprint density at radius 3 is 2.33 bits per heavy atom. The largest absolute Gasteiger partial charge is 0.444 e. The van der Waals surface area contributed by atoms with Crippen LogP contribution in [-0.4, -0.2) is 30.0 Å². The third-order valence-corrected chi connectivity index (χ3v) is 4.06. The number of anilines is 1. The van der Waals surface area contributed by atoms with Gasteiger partial charge in [0.05, 0.1) is 0 Å². The lowest BCUT2D eigenvalue weighted by atomic mass is 9.86. The molecule has 4 nitrogen and oxygen atoms in total. The normalized spacial score (nSPS) is 21.3. The van der Waals surface area contributed by atoms with Crippen LogP contribution in [0.4, 0.5) is 10.5 Å². The molecule has 0 unspecified atom stereocenters. The van der Waals surface area contributed by atoms with Crippen LogP contribution in [-0.2, 0) is 4.74 Å². The van der Waals surface area contributed by atoms with Gasteiger partial charge in [-0.15, -0.1) is 11.8 Å². The molecule has 1 amide bonds. The molecule has 1 aliphatic rings. The highest BCUT2D eigenvalue weighted by Gasteiger charge is 2.31. The fourth-order valence-corrected chi connectivity index (χ4v) is 2.66. The zero-order valence-electron chi connectivity index (χ0n) is 13.1. The fraction of sp³-hybridized carbons (Fsp3) is 0.562. The van der Waals surface area contributed by atoms with Gasteiger partial charge in [0.25, 0.3) is 0 Å². The third-order valence-electron chi connectivity index (χ3n) is 3.32. The summed E-state index contributed by atoms with van der Waals surface area (Å²) in [5.41, 5.74) is 0.693. The molecule has 0 atom stereocenters. The molecule has 21 heavy (non-hydrogen) atoms. The Balaban J connectivity index is 1.70. The van der Waals surface area contributed by atoms with E-state index in [1.54, 1.807) is 11.8 Å². The average Bonchev–Trinajstić information content (AvgIpc) is 2.35. The van der Waals surface area contributed by atoms with E-state index in [0.29, 0.717) is 6.04 Å². The topological polar surface area (TPSA) is 50.4 Å². The Morgan fingerprint density at radius 2 is 1.81 bits per heavy atom. The summed E-state index contributed by atoms with van der Waals surface area (Å²) in [6.07, 6.45) is 3.62. The van der Waals surface area contributed by atoms with E-state index in [0.717, 1.165) is 18.5 Å². The molecular weight excluding hydrogens is 284 g/mol. The average molecular weight is 308 g/mol. The highest BCUT2D eigenvalue weighted by Crippen LogP contribution is 2.26. The van der Waals surface area contributed by atoms with Crippen LogP contribution < -0.4 is 10.6 Å². The zero-order valence-corrected chi connectivity index (χ0v) is 13.9. The van der Waals surface area contributed by atoms with Gasteiger partial charge in [-0.3, -0.25) is 0 Å². The number of alkyl carbamates (subject to hydrolysis) is 1. The van der Waals surface area contributed by atoms with Crippen LogP contribution in [0.3, 0.4) is 0 Å². The molecule has 2 rings (SSSR count). The maximum Gasteiger partial charge on any atom is 0.407 e. The van der Waals surface area contributed by atoms with Gasteiger partial charge in [-0.1, -0.05) is 0 Å². The van der Waals surface area contributed by atoms with Crippen molar-refractivity contribution in [3.63, 3.8) is 0 Å². The van der Waals surface area contributed by atoms with Crippen molar-refractivity contribution < 1.29 is 9.53 Å². The predicted octanol–water partition coefficient (Wildman–Crippen LogP) is 3.88. The molecule has 0 radical (unpaired) electrons. The molecule has 1 aromatic rings. The quantitative estimate of drug-likeness (QED) is 0.829. The summed E-state index contributed by atoms with van der Waals surface area (Å²) in [5.74, 6) is 0. The second kappa shape index (κ2) is 6.60. The summed E-state index contributed by atoms with van der Waals surface area (Å²) in [5, 5.41) is 6.38. The van der Waals surface area contributed by atoms with Gasteiger partial charge >= 0.3 is 6.09 Å². The van der Waals surface area contributed by atoms with E-state index in [1.165, 1.54) is 4.90 Å². The van der Waals surface area contributed by atoms with Crippen molar-refractivity contribution in [2.75, 3.05) is 11.6 Å². The van der Waals surface area contributed by atoms with Gasteiger partial charge in [-0.25, -0.2) is 4.79 Å². The van der Waals surface area contributed by atoms with Crippen molar-refractivity contribution in [1.29, 1.82) is 0 Å². The first kappa shape index (κ1) is 16.0.